The van der Waals surface area contributed by atoms with E-state index in [1.807, 2.05) is 36.9 Å². The fourth-order valence-electron chi connectivity index (χ4n) is 3.04. The van der Waals surface area contributed by atoms with Gasteiger partial charge in [-0.15, -0.1) is 0 Å². The predicted molar refractivity (Wildman–Crippen MR) is 100 cm³/mol. The molecule has 1 N–H and O–H groups in total. The summed E-state index contributed by atoms with van der Waals surface area (Å²) in [5, 5.41) is 2.95. The summed E-state index contributed by atoms with van der Waals surface area (Å²) in [5.74, 6) is 0.336. The van der Waals surface area contributed by atoms with Crippen molar-refractivity contribution in [2.75, 3.05) is 36.4 Å². The average molecular weight is 353 g/mol. The van der Waals surface area contributed by atoms with E-state index in [0.717, 1.165) is 16.8 Å². The number of anilines is 2. The summed E-state index contributed by atoms with van der Waals surface area (Å²) in [6.07, 6.45) is 1.60. The number of benzene rings is 1. The van der Waals surface area contributed by atoms with Gasteiger partial charge >= 0.3 is 0 Å². The van der Waals surface area contributed by atoms with Crippen molar-refractivity contribution in [3.8, 4) is 0 Å². The number of amides is 2. The summed E-state index contributed by atoms with van der Waals surface area (Å²) >= 11 is 0. The molecule has 3 rings (SSSR count). The maximum atomic E-state index is 12.6. The quantitative estimate of drug-likeness (QED) is 0.913. The van der Waals surface area contributed by atoms with Crippen LogP contribution in [-0.2, 0) is 4.79 Å². The lowest BCUT2D eigenvalue weighted by atomic mass is 10.1. The summed E-state index contributed by atoms with van der Waals surface area (Å²) < 4.78 is 0. The molecule has 1 fully saturated rings. The van der Waals surface area contributed by atoms with E-state index in [-0.39, 0.29) is 11.8 Å². The molecule has 0 saturated carbocycles. The van der Waals surface area contributed by atoms with Crippen LogP contribution >= 0.6 is 0 Å². The van der Waals surface area contributed by atoms with Gasteiger partial charge in [-0.05, 0) is 31.0 Å². The van der Waals surface area contributed by atoms with E-state index >= 15 is 0 Å². The summed E-state index contributed by atoms with van der Waals surface area (Å²) in [6.45, 7) is 8.08. The molecule has 0 atom stereocenters. The summed E-state index contributed by atoms with van der Waals surface area (Å²) in [5.41, 5.74) is 3.15. The predicted octanol–water partition coefficient (Wildman–Crippen LogP) is 2.01. The molecule has 0 aliphatic carbocycles. The number of aryl methyl sites for hydroxylation is 2. The Labute approximate surface area is 153 Å². The van der Waals surface area contributed by atoms with Gasteiger partial charge in [0.2, 0.25) is 11.9 Å². The van der Waals surface area contributed by atoms with E-state index in [4.69, 9.17) is 0 Å². The van der Waals surface area contributed by atoms with Crippen molar-refractivity contribution < 1.29 is 9.59 Å². The van der Waals surface area contributed by atoms with Crippen LogP contribution in [0.1, 0.15) is 28.5 Å². The number of hydrogen-bond donors (Lipinski definition) is 1. The van der Waals surface area contributed by atoms with Gasteiger partial charge in [-0.1, -0.05) is 18.2 Å². The zero-order valence-corrected chi connectivity index (χ0v) is 15.3. The van der Waals surface area contributed by atoms with Crippen LogP contribution < -0.4 is 10.2 Å². The van der Waals surface area contributed by atoms with Gasteiger partial charge in [0, 0.05) is 45.0 Å². The molecule has 2 heterocycles. The van der Waals surface area contributed by atoms with Crippen molar-refractivity contribution >= 4 is 23.5 Å². The first-order valence-electron chi connectivity index (χ1n) is 8.67. The lowest BCUT2D eigenvalue weighted by Crippen LogP contribution is -2.48. The second-order valence-corrected chi connectivity index (χ2v) is 6.46. The Kier molecular flexibility index (Phi) is 5.16. The Morgan fingerprint density at radius 3 is 2.31 bits per heavy atom. The zero-order chi connectivity index (χ0) is 18.7. The highest BCUT2D eigenvalue weighted by Gasteiger charge is 2.21. The average Bonchev–Trinajstić information content (AvgIpc) is 2.65. The van der Waals surface area contributed by atoms with Gasteiger partial charge in [-0.2, -0.15) is 0 Å². The third-order valence-electron chi connectivity index (χ3n) is 4.60. The first-order chi connectivity index (χ1) is 12.5. The maximum absolute atomic E-state index is 12.6. The van der Waals surface area contributed by atoms with Gasteiger partial charge < -0.3 is 15.1 Å². The molecule has 0 unspecified atom stereocenters. The van der Waals surface area contributed by atoms with Gasteiger partial charge in [0.05, 0.1) is 0 Å². The minimum Gasteiger partial charge on any atom is -0.339 e. The normalized spacial score (nSPS) is 14.3. The topological polar surface area (TPSA) is 78.4 Å². The standard InChI is InChI=1S/C19H23N5O2/c1-13-5-4-6-14(2)17(13)22-18(26)16-7-8-20-19(21-16)24-11-9-23(10-12-24)15(3)25/h4-8H,9-12H2,1-3H3,(H,22,26). The molecule has 1 aliphatic heterocycles. The van der Waals surface area contributed by atoms with Crippen LogP contribution in [0.3, 0.4) is 0 Å². The monoisotopic (exact) mass is 353 g/mol. The van der Waals surface area contributed by atoms with Crippen LogP contribution in [0.2, 0.25) is 0 Å². The number of nitrogens with one attached hydrogen (secondary N) is 1. The Hall–Kier alpha value is -2.96. The molecule has 2 amide bonds. The molecule has 0 bridgehead atoms. The highest BCUT2D eigenvalue weighted by molar-refractivity contribution is 6.03. The van der Waals surface area contributed by atoms with Gasteiger partial charge in [0.25, 0.3) is 5.91 Å². The van der Waals surface area contributed by atoms with Crippen LogP contribution in [0.5, 0.6) is 0 Å². The van der Waals surface area contributed by atoms with Crippen LogP contribution in [0, 0.1) is 13.8 Å². The summed E-state index contributed by atoms with van der Waals surface area (Å²) in [4.78, 5) is 36.6. The SMILES string of the molecule is CC(=O)N1CCN(c2nccc(C(=O)Nc3c(C)cccc3C)n2)CC1. The molecule has 7 nitrogen and oxygen atoms in total. The molecule has 26 heavy (non-hydrogen) atoms. The van der Waals surface area contributed by atoms with Crippen molar-refractivity contribution in [1.82, 2.24) is 14.9 Å². The number of aromatic nitrogens is 2. The van der Waals surface area contributed by atoms with Crippen molar-refractivity contribution in [3.05, 3.63) is 47.3 Å². The number of carbonyl (C=O) groups is 2. The second kappa shape index (κ2) is 7.51. The van der Waals surface area contributed by atoms with Gasteiger partial charge in [0.15, 0.2) is 0 Å². The number of carbonyl (C=O) groups excluding carboxylic acids is 2. The molecular formula is C19H23N5O2. The number of hydrogen-bond acceptors (Lipinski definition) is 5. The van der Waals surface area contributed by atoms with Gasteiger partial charge in [-0.3, -0.25) is 9.59 Å². The number of rotatable bonds is 3. The van der Waals surface area contributed by atoms with Crippen LogP contribution in [0.25, 0.3) is 0 Å². The fraction of sp³-hybridized carbons (Fsp3) is 0.368. The Morgan fingerprint density at radius 2 is 1.69 bits per heavy atom. The van der Waals surface area contributed by atoms with E-state index in [2.05, 4.69) is 15.3 Å². The number of piperazine rings is 1. The molecule has 136 valence electrons. The minimum atomic E-state index is -0.256. The van der Waals surface area contributed by atoms with E-state index in [1.54, 1.807) is 24.1 Å². The molecule has 1 aliphatic rings. The molecule has 1 saturated heterocycles. The van der Waals surface area contributed by atoms with Crippen LogP contribution in [0.4, 0.5) is 11.6 Å². The lowest BCUT2D eigenvalue weighted by Gasteiger charge is -2.34. The van der Waals surface area contributed by atoms with E-state index in [0.29, 0.717) is 37.8 Å². The third-order valence-corrected chi connectivity index (χ3v) is 4.60. The molecular weight excluding hydrogens is 330 g/mol. The van der Waals surface area contributed by atoms with E-state index in [9.17, 15) is 9.59 Å². The third kappa shape index (κ3) is 3.82. The Morgan fingerprint density at radius 1 is 1.04 bits per heavy atom. The van der Waals surface area contributed by atoms with E-state index in [1.165, 1.54) is 0 Å². The molecule has 1 aromatic heterocycles. The molecule has 1 aromatic carbocycles. The smallest absolute Gasteiger partial charge is 0.274 e. The molecule has 7 heteroatoms. The first kappa shape index (κ1) is 17.8. The zero-order valence-electron chi connectivity index (χ0n) is 15.3. The number of nitrogens with zero attached hydrogens (tertiary/aromatic N) is 4. The van der Waals surface area contributed by atoms with Crippen LogP contribution in [0.15, 0.2) is 30.5 Å². The highest BCUT2D eigenvalue weighted by atomic mass is 16.2. The Balaban J connectivity index is 1.73. The second-order valence-electron chi connectivity index (χ2n) is 6.46. The molecule has 0 radical (unpaired) electrons. The van der Waals surface area contributed by atoms with Crippen molar-refractivity contribution in [1.29, 1.82) is 0 Å². The minimum absolute atomic E-state index is 0.0762. The van der Waals surface area contributed by atoms with E-state index < -0.39 is 0 Å². The number of para-hydroxylation sites is 1. The summed E-state index contributed by atoms with van der Waals surface area (Å²) in [6, 6.07) is 7.49. The largest absolute Gasteiger partial charge is 0.339 e. The van der Waals surface area contributed by atoms with Gasteiger partial charge in [-0.25, -0.2) is 9.97 Å². The maximum Gasteiger partial charge on any atom is 0.274 e. The van der Waals surface area contributed by atoms with Crippen molar-refractivity contribution in [2.45, 2.75) is 20.8 Å². The van der Waals surface area contributed by atoms with Crippen molar-refractivity contribution in [2.24, 2.45) is 0 Å². The summed E-state index contributed by atoms with van der Waals surface area (Å²) in [7, 11) is 0. The lowest BCUT2D eigenvalue weighted by molar-refractivity contribution is -0.129. The van der Waals surface area contributed by atoms with Gasteiger partial charge in [0.1, 0.15) is 5.69 Å². The van der Waals surface area contributed by atoms with Crippen molar-refractivity contribution in [3.63, 3.8) is 0 Å². The Bertz CT molecular complexity index is 808. The fourth-order valence-corrected chi connectivity index (χ4v) is 3.04. The molecule has 0 spiro atoms. The van der Waals surface area contributed by atoms with Crippen LogP contribution in [-0.4, -0.2) is 52.9 Å². The highest BCUT2D eigenvalue weighted by Crippen LogP contribution is 2.20. The first-order valence-corrected chi connectivity index (χ1v) is 8.67. The molecule has 2 aromatic rings.